The van der Waals surface area contributed by atoms with Gasteiger partial charge in [0.05, 0.1) is 12.8 Å². The second-order valence-corrected chi connectivity index (χ2v) is 6.55. The zero-order chi connectivity index (χ0) is 20.5. The molecule has 0 saturated carbocycles. The Kier molecular flexibility index (Phi) is 7.25. The number of ether oxygens (including phenoxy) is 2. The number of amides is 1. The van der Waals surface area contributed by atoms with Gasteiger partial charge in [0.25, 0.3) is 5.91 Å². The van der Waals surface area contributed by atoms with Gasteiger partial charge in [0, 0.05) is 16.1 Å². The van der Waals surface area contributed by atoms with Gasteiger partial charge < -0.3 is 9.47 Å². The van der Waals surface area contributed by atoms with E-state index in [-0.39, 0.29) is 5.91 Å². The summed E-state index contributed by atoms with van der Waals surface area (Å²) in [6.45, 7) is 2.90. The molecule has 0 aliphatic rings. The van der Waals surface area contributed by atoms with Crippen molar-refractivity contribution in [3.63, 3.8) is 0 Å². The van der Waals surface area contributed by atoms with E-state index < -0.39 is 0 Å². The van der Waals surface area contributed by atoms with Crippen LogP contribution < -0.4 is 14.9 Å². The molecule has 0 aromatic heterocycles. The van der Waals surface area contributed by atoms with Crippen LogP contribution in [-0.4, -0.2) is 18.7 Å². The van der Waals surface area contributed by atoms with Crippen molar-refractivity contribution in [3.8, 4) is 11.5 Å². The molecule has 3 aromatic carbocycles. The summed E-state index contributed by atoms with van der Waals surface area (Å²) >= 11 is 5.87. The van der Waals surface area contributed by atoms with Gasteiger partial charge in [0.2, 0.25) is 0 Å². The van der Waals surface area contributed by atoms with E-state index in [2.05, 4.69) is 10.5 Å². The lowest BCUT2D eigenvalue weighted by Crippen LogP contribution is -2.17. The quantitative estimate of drug-likeness (QED) is 0.417. The Morgan fingerprint density at radius 3 is 2.45 bits per heavy atom. The third-order valence-electron chi connectivity index (χ3n) is 4.02. The minimum absolute atomic E-state index is 0.306. The molecule has 0 heterocycles. The van der Waals surface area contributed by atoms with Crippen LogP contribution in [0.5, 0.6) is 11.5 Å². The van der Waals surface area contributed by atoms with E-state index in [1.54, 1.807) is 30.5 Å². The normalized spacial score (nSPS) is 10.7. The third kappa shape index (κ3) is 6.09. The van der Waals surface area contributed by atoms with Gasteiger partial charge in [-0.25, -0.2) is 5.43 Å². The topological polar surface area (TPSA) is 59.9 Å². The lowest BCUT2D eigenvalue weighted by atomic mass is 10.2. The number of nitrogens with one attached hydrogen (secondary N) is 1. The molecule has 0 spiro atoms. The summed E-state index contributed by atoms with van der Waals surface area (Å²) in [7, 11) is 0. The van der Waals surface area contributed by atoms with Crippen LogP contribution in [0, 0.1) is 0 Å². The van der Waals surface area contributed by atoms with E-state index in [0.717, 1.165) is 16.9 Å². The van der Waals surface area contributed by atoms with Crippen molar-refractivity contribution in [1.82, 2.24) is 5.43 Å². The Hall–Kier alpha value is -3.31. The molecule has 0 radical (unpaired) electrons. The van der Waals surface area contributed by atoms with E-state index in [1.165, 1.54) is 0 Å². The number of benzene rings is 3. The summed E-state index contributed by atoms with van der Waals surface area (Å²) in [6, 6.07) is 21.8. The van der Waals surface area contributed by atoms with Gasteiger partial charge >= 0.3 is 0 Å². The number of hydrogen-bond donors (Lipinski definition) is 1. The SMILES string of the molecule is CCOc1ccccc1/C=N\NC(=O)c1ccc(OCc2ccc(Cl)cc2)cc1. The molecule has 0 aliphatic carbocycles. The molecule has 0 unspecified atom stereocenters. The molecule has 3 aromatic rings. The lowest BCUT2D eigenvalue weighted by molar-refractivity contribution is 0.0955. The molecule has 148 valence electrons. The van der Waals surface area contributed by atoms with E-state index in [0.29, 0.717) is 29.5 Å². The second-order valence-electron chi connectivity index (χ2n) is 6.11. The number of carbonyl (C=O) groups excluding carboxylic acids is 1. The molecule has 0 saturated heterocycles. The van der Waals surface area contributed by atoms with Gasteiger partial charge in [-0.05, 0) is 61.0 Å². The van der Waals surface area contributed by atoms with Crippen LogP contribution >= 0.6 is 11.6 Å². The molecule has 0 aliphatic heterocycles. The van der Waals surface area contributed by atoms with Crippen LogP contribution in [0.25, 0.3) is 0 Å². The summed E-state index contributed by atoms with van der Waals surface area (Å²) in [5.41, 5.74) is 4.81. The van der Waals surface area contributed by atoms with Crippen molar-refractivity contribution in [3.05, 3.63) is 94.5 Å². The van der Waals surface area contributed by atoms with Crippen LogP contribution in [0.15, 0.2) is 77.9 Å². The predicted octanol–water partition coefficient (Wildman–Crippen LogP) is 5.08. The number of para-hydroxylation sites is 1. The third-order valence-corrected chi connectivity index (χ3v) is 4.28. The van der Waals surface area contributed by atoms with E-state index >= 15 is 0 Å². The molecule has 1 amide bonds. The molecular weight excluding hydrogens is 388 g/mol. The minimum Gasteiger partial charge on any atom is -0.493 e. The number of rotatable bonds is 8. The fourth-order valence-electron chi connectivity index (χ4n) is 2.55. The summed E-state index contributed by atoms with van der Waals surface area (Å²) < 4.78 is 11.3. The van der Waals surface area contributed by atoms with Gasteiger partial charge in [-0.3, -0.25) is 4.79 Å². The molecule has 5 nitrogen and oxygen atoms in total. The van der Waals surface area contributed by atoms with Crippen molar-refractivity contribution in [2.45, 2.75) is 13.5 Å². The maximum absolute atomic E-state index is 12.3. The summed E-state index contributed by atoms with van der Waals surface area (Å²) in [6.07, 6.45) is 1.56. The van der Waals surface area contributed by atoms with Crippen molar-refractivity contribution in [2.24, 2.45) is 5.10 Å². The molecule has 6 heteroatoms. The Morgan fingerprint density at radius 2 is 1.72 bits per heavy atom. The Morgan fingerprint density at radius 1 is 1.00 bits per heavy atom. The molecular formula is C23H21ClN2O3. The average molecular weight is 409 g/mol. The Balaban J connectivity index is 1.54. The Labute approximate surface area is 174 Å². The second kappa shape index (κ2) is 10.3. The molecule has 3 rings (SSSR count). The fraction of sp³-hybridized carbons (Fsp3) is 0.130. The van der Waals surface area contributed by atoms with Gasteiger partial charge in [0.1, 0.15) is 18.1 Å². The van der Waals surface area contributed by atoms with Crippen molar-refractivity contribution in [2.75, 3.05) is 6.61 Å². The highest BCUT2D eigenvalue weighted by atomic mass is 35.5. The molecule has 0 fully saturated rings. The first-order chi connectivity index (χ1) is 14.2. The largest absolute Gasteiger partial charge is 0.493 e. The number of carbonyl (C=O) groups is 1. The first kappa shape index (κ1) is 20.4. The van der Waals surface area contributed by atoms with Crippen molar-refractivity contribution >= 4 is 23.7 Å². The highest BCUT2D eigenvalue weighted by Gasteiger charge is 2.05. The molecule has 1 N–H and O–H groups in total. The monoisotopic (exact) mass is 408 g/mol. The lowest BCUT2D eigenvalue weighted by Gasteiger charge is -2.07. The van der Waals surface area contributed by atoms with Gasteiger partial charge in [-0.1, -0.05) is 35.9 Å². The van der Waals surface area contributed by atoms with E-state index in [1.807, 2.05) is 55.5 Å². The zero-order valence-electron chi connectivity index (χ0n) is 16.0. The Bertz CT molecular complexity index is 970. The maximum atomic E-state index is 12.3. The summed E-state index contributed by atoms with van der Waals surface area (Å²) in [5, 5.41) is 4.71. The van der Waals surface area contributed by atoms with Gasteiger partial charge in [0.15, 0.2) is 0 Å². The average Bonchev–Trinajstić information content (AvgIpc) is 2.75. The van der Waals surface area contributed by atoms with Crippen LogP contribution in [0.2, 0.25) is 5.02 Å². The first-order valence-corrected chi connectivity index (χ1v) is 9.56. The maximum Gasteiger partial charge on any atom is 0.271 e. The first-order valence-electron chi connectivity index (χ1n) is 9.18. The van der Waals surface area contributed by atoms with Crippen molar-refractivity contribution < 1.29 is 14.3 Å². The van der Waals surface area contributed by atoms with Crippen LogP contribution in [0.1, 0.15) is 28.4 Å². The van der Waals surface area contributed by atoms with Crippen LogP contribution in [-0.2, 0) is 6.61 Å². The zero-order valence-corrected chi connectivity index (χ0v) is 16.7. The summed E-state index contributed by atoms with van der Waals surface area (Å²) in [5.74, 6) is 1.08. The number of hydrazone groups is 1. The predicted molar refractivity (Wildman–Crippen MR) is 115 cm³/mol. The van der Waals surface area contributed by atoms with Crippen molar-refractivity contribution in [1.29, 1.82) is 0 Å². The van der Waals surface area contributed by atoms with Crippen LogP contribution in [0.4, 0.5) is 0 Å². The fourth-order valence-corrected chi connectivity index (χ4v) is 2.67. The number of hydrogen-bond acceptors (Lipinski definition) is 4. The van der Waals surface area contributed by atoms with Crippen LogP contribution in [0.3, 0.4) is 0 Å². The minimum atomic E-state index is -0.306. The molecule has 0 atom stereocenters. The van der Waals surface area contributed by atoms with E-state index in [9.17, 15) is 4.79 Å². The molecule has 0 bridgehead atoms. The highest BCUT2D eigenvalue weighted by Crippen LogP contribution is 2.17. The van der Waals surface area contributed by atoms with Gasteiger partial charge in [-0.2, -0.15) is 5.10 Å². The number of nitrogens with zero attached hydrogens (tertiary/aromatic N) is 1. The smallest absolute Gasteiger partial charge is 0.271 e. The molecule has 29 heavy (non-hydrogen) atoms. The summed E-state index contributed by atoms with van der Waals surface area (Å²) in [4.78, 5) is 12.3. The number of halogens is 1. The van der Waals surface area contributed by atoms with E-state index in [4.69, 9.17) is 21.1 Å². The standard InChI is InChI=1S/C23H21ClN2O3/c1-2-28-22-6-4-3-5-19(22)15-25-26-23(27)18-9-13-21(14-10-18)29-16-17-7-11-20(24)12-8-17/h3-15H,2,16H2,1H3,(H,26,27)/b25-15-. The van der Waals surface area contributed by atoms with Gasteiger partial charge in [-0.15, -0.1) is 0 Å². The highest BCUT2D eigenvalue weighted by molar-refractivity contribution is 6.30.